The van der Waals surface area contributed by atoms with Crippen molar-refractivity contribution in [3.05, 3.63) is 10.4 Å². The number of azide groups is 1. The Balaban J connectivity index is 0. The molecule has 0 radical (unpaired) electrons. The number of nitrogens with zero attached hydrogens (tertiary/aromatic N) is 3. The van der Waals surface area contributed by atoms with E-state index in [0.717, 1.165) is 11.8 Å². The van der Waals surface area contributed by atoms with Gasteiger partial charge in [-0.05, 0) is 23.3 Å². The Labute approximate surface area is 88.5 Å². The second-order valence-corrected chi connectivity index (χ2v) is 4.68. The molecule has 3 heteroatoms. The zero-order chi connectivity index (χ0) is 11.7. The maximum absolute atomic E-state index is 7.94. The summed E-state index contributed by atoms with van der Waals surface area (Å²) < 4.78 is 0. The highest BCUT2D eigenvalue weighted by Crippen LogP contribution is 2.05. The third kappa shape index (κ3) is 11.3. The Morgan fingerprint density at radius 1 is 0.786 bits per heavy atom. The quantitative estimate of drug-likeness (QED) is 0.361. The Morgan fingerprint density at radius 2 is 1.14 bits per heavy atom. The van der Waals surface area contributed by atoms with Crippen LogP contribution in [0.3, 0.4) is 0 Å². The summed E-state index contributed by atoms with van der Waals surface area (Å²) >= 11 is 0. The van der Waals surface area contributed by atoms with Crippen molar-refractivity contribution in [1.82, 2.24) is 0 Å². The molecule has 0 aromatic carbocycles. The summed E-state index contributed by atoms with van der Waals surface area (Å²) in [5, 5.41) is 3.50. The molecule has 0 fully saturated rings. The average molecular weight is 199 g/mol. The molecular weight excluding hydrogens is 174 g/mol. The summed E-state index contributed by atoms with van der Waals surface area (Å²) in [5.41, 5.74) is 7.94. The monoisotopic (exact) mass is 199 g/mol. The standard InChI is InChI=1S/C6H14.C5H11N3/c1-5(2)6(3)4;1-4(2)5(3)7-8-6/h5-6H,1-4H3;4-5H,1-3H3/t;5-/m.0/s1. The van der Waals surface area contributed by atoms with E-state index >= 15 is 0 Å². The molecule has 0 saturated carbocycles. The average Bonchev–Trinajstić information content (AvgIpc) is 2.05. The summed E-state index contributed by atoms with van der Waals surface area (Å²) in [6.45, 7) is 14.9. The van der Waals surface area contributed by atoms with Crippen molar-refractivity contribution in [2.45, 2.75) is 54.5 Å². The molecule has 0 heterocycles. The second-order valence-electron chi connectivity index (χ2n) is 4.68. The van der Waals surface area contributed by atoms with Gasteiger partial charge in [-0.1, -0.05) is 53.6 Å². The smallest absolute Gasteiger partial charge is 0.0368 e. The van der Waals surface area contributed by atoms with Crippen LogP contribution < -0.4 is 0 Å². The van der Waals surface area contributed by atoms with E-state index in [-0.39, 0.29) is 6.04 Å². The van der Waals surface area contributed by atoms with E-state index in [1.807, 2.05) is 20.8 Å². The Kier molecular flexibility index (Phi) is 10.0. The molecule has 0 amide bonds. The van der Waals surface area contributed by atoms with Gasteiger partial charge in [-0.2, -0.15) is 0 Å². The fraction of sp³-hybridized carbons (Fsp3) is 1.00. The molecule has 0 spiro atoms. The van der Waals surface area contributed by atoms with Gasteiger partial charge >= 0.3 is 0 Å². The molecule has 0 unspecified atom stereocenters. The van der Waals surface area contributed by atoms with Gasteiger partial charge in [-0.25, -0.2) is 0 Å². The van der Waals surface area contributed by atoms with Gasteiger partial charge < -0.3 is 0 Å². The first-order valence-corrected chi connectivity index (χ1v) is 5.37. The molecule has 0 aromatic heterocycles. The molecule has 14 heavy (non-hydrogen) atoms. The first-order chi connectivity index (χ1) is 6.32. The van der Waals surface area contributed by atoms with Crippen molar-refractivity contribution in [1.29, 1.82) is 0 Å². The van der Waals surface area contributed by atoms with Crippen LogP contribution in [0.1, 0.15) is 48.5 Å². The molecule has 0 bridgehead atoms. The molecule has 0 aliphatic heterocycles. The third-order valence-corrected chi connectivity index (χ3v) is 2.53. The van der Waals surface area contributed by atoms with E-state index < -0.39 is 0 Å². The minimum Gasteiger partial charge on any atom is -0.0906 e. The van der Waals surface area contributed by atoms with Gasteiger partial charge in [0, 0.05) is 11.0 Å². The maximum atomic E-state index is 7.94. The SMILES string of the molecule is CC(C)C(C)C.CC(C)[C@H](C)N=[N+]=[N-]. The Morgan fingerprint density at radius 3 is 1.21 bits per heavy atom. The van der Waals surface area contributed by atoms with Crippen LogP contribution in [0.25, 0.3) is 10.4 Å². The van der Waals surface area contributed by atoms with Crippen molar-refractivity contribution >= 4 is 0 Å². The van der Waals surface area contributed by atoms with Crippen LogP contribution in [-0.4, -0.2) is 6.04 Å². The van der Waals surface area contributed by atoms with E-state index in [2.05, 4.69) is 37.7 Å². The van der Waals surface area contributed by atoms with Crippen molar-refractivity contribution < 1.29 is 0 Å². The minimum absolute atomic E-state index is 0.125. The predicted molar refractivity (Wildman–Crippen MR) is 63.1 cm³/mol. The molecule has 3 nitrogen and oxygen atoms in total. The zero-order valence-corrected chi connectivity index (χ0v) is 10.7. The molecule has 0 aromatic rings. The highest BCUT2D eigenvalue weighted by Gasteiger charge is 2.01. The van der Waals surface area contributed by atoms with Crippen LogP contribution in [0.4, 0.5) is 0 Å². The Hall–Kier alpha value is -0.690. The largest absolute Gasteiger partial charge is 0.0906 e. The molecule has 0 aliphatic rings. The summed E-state index contributed by atoms with van der Waals surface area (Å²) in [7, 11) is 0. The van der Waals surface area contributed by atoms with Crippen LogP contribution in [0.5, 0.6) is 0 Å². The fourth-order valence-electron chi connectivity index (χ4n) is 0.215. The first-order valence-electron chi connectivity index (χ1n) is 5.37. The zero-order valence-electron chi connectivity index (χ0n) is 10.7. The molecular formula is C11H25N3. The van der Waals surface area contributed by atoms with Crippen LogP contribution in [0, 0.1) is 17.8 Å². The maximum Gasteiger partial charge on any atom is 0.0368 e. The molecule has 0 aliphatic carbocycles. The van der Waals surface area contributed by atoms with Gasteiger partial charge in [0.2, 0.25) is 0 Å². The van der Waals surface area contributed by atoms with E-state index in [1.165, 1.54) is 0 Å². The predicted octanol–water partition coefficient (Wildman–Crippen LogP) is 4.64. The molecule has 84 valence electrons. The van der Waals surface area contributed by atoms with Gasteiger partial charge in [0.25, 0.3) is 0 Å². The van der Waals surface area contributed by atoms with E-state index in [0.29, 0.717) is 5.92 Å². The van der Waals surface area contributed by atoms with Crippen LogP contribution in [0.15, 0.2) is 5.11 Å². The van der Waals surface area contributed by atoms with Crippen molar-refractivity contribution in [3.8, 4) is 0 Å². The molecule has 0 saturated heterocycles. The van der Waals surface area contributed by atoms with Crippen LogP contribution in [-0.2, 0) is 0 Å². The lowest BCUT2D eigenvalue weighted by atomic mass is 10.0. The lowest BCUT2D eigenvalue weighted by Gasteiger charge is -2.05. The highest BCUT2D eigenvalue weighted by molar-refractivity contribution is 4.63. The van der Waals surface area contributed by atoms with E-state index in [9.17, 15) is 0 Å². The third-order valence-electron chi connectivity index (χ3n) is 2.53. The Bertz CT molecular complexity index is 161. The van der Waals surface area contributed by atoms with Crippen molar-refractivity contribution in [2.24, 2.45) is 22.9 Å². The van der Waals surface area contributed by atoms with Gasteiger partial charge in [0.1, 0.15) is 0 Å². The van der Waals surface area contributed by atoms with Gasteiger partial charge in [-0.15, -0.1) is 0 Å². The fourth-order valence-corrected chi connectivity index (χ4v) is 0.215. The summed E-state index contributed by atoms with van der Waals surface area (Å²) in [6.07, 6.45) is 0. The van der Waals surface area contributed by atoms with Crippen LogP contribution in [0.2, 0.25) is 0 Å². The summed E-state index contributed by atoms with van der Waals surface area (Å²) in [6, 6.07) is 0.125. The van der Waals surface area contributed by atoms with Crippen molar-refractivity contribution in [2.75, 3.05) is 0 Å². The van der Waals surface area contributed by atoms with Crippen LogP contribution >= 0.6 is 0 Å². The normalized spacial score (nSPS) is 12.1. The van der Waals surface area contributed by atoms with E-state index in [4.69, 9.17) is 5.53 Å². The molecule has 1 atom stereocenters. The number of rotatable bonds is 3. The topological polar surface area (TPSA) is 48.8 Å². The number of hydrogen-bond acceptors (Lipinski definition) is 1. The van der Waals surface area contributed by atoms with Gasteiger partial charge in [0.05, 0.1) is 0 Å². The minimum atomic E-state index is 0.125. The molecule has 0 rings (SSSR count). The number of hydrogen-bond donors (Lipinski definition) is 0. The summed E-state index contributed by atoms with van der Waals surface area (Å²) in [4.78, 5) is 2.68. The summed E-state index contributed by atoms with van der Waals surface area (Å²) in [5.74, 6) is 2.15. The first kappa shape index (κ1) is 15.8. The van der Waals surface area contributed by atoms with E-state index in [1.54, 1.807) is 0 Å². The second kappa shape index (κ2) is 8.89. The lowest BCUT2D eigenvalue weighted by molar-refractivity contribution is 0.457. The van der Waals surface area contributed by atoms with Gasteiger partial charge in [0.15, 0.2) is 0 Å². The highest BCUT2D eigenvalue weighted by atomic mass is 15.1. The molecule has 0 N–H and O–H groups in total. The lowest BCUT2D eigenvalue weighted by Crippen LogP contribution is -2.04. The van der Waals surface area contributed by atoms with Crippen molar-refractivity contribution in [3.63, 3.8) is 0 Å². The van der Waals surface area contributed by atoms with Gasteiger partial charge in [-0.3, -0.25) is 0 Å².